The van der Waals surface area contributed by atoms with Gasteiger partial charge in [-0.15, -0.1) is 0 Å². The topological polar surface area (TPSA) is 29.3 Å². The average molecular weight is 278 g/mol. The molecule has 1 aromatic carbocycles. The molecule has 0 aliphatic carbocycles. The quantitative estimate of drug-likeness (QED) is 0.866. The molecule has 2 unspecified atom stereocenters. The van der Waals surface area contributed by atoms with Crippen molar-refractivity contribution in [3.8, 4) is 0 Å². The number of nitrogens with zero attached hydrogens (tertiary/aromatic N) is 1. The van der Waals surface area contributed by atoms with Crippen molar-refractivity contribution in [2.75, 3.05) is 19.6 Å². The highest BCUT2D eigenvalue weighted by molar-refractivity contribution is 5.20. The van der Waals surface area contributed by atoms with Gasteiger partial charge >= 0.3 is 0 Å². The summed E-state index contributed by atoms with van der Waals surface area (Å²) in [6.45, 7) is 7.18. The Bertz CT molecular complexity index is 435. The summed E-state index contributed by atoms with van der Waals surface area (Å²) in [5.41, 5.74) is 6.68. The smallest absolute Gasteiger partial charge is 0.126 e. The van der Waals surface area contributed by atoms with Gasteiger partial charge in [0.25, 0.3) is 0 Å². The van der Waals surface area contributed by atoms with Crippen LogP contribution in [0.5, 0.6) is 0 Å². The first-order chi connectivity index (χ1) is 9.59. The molecule has 1 aliphatic rings. The van der Waals surface area contributed by atoms with E-state index in [2.05, 4.69) is 18.7 Å². The van der Waals surface area contributed by atoms with E-state index in [0.29, 0.717) is 13.0 Å². The van der Waals surface area contributed by atoms with Crippen LogP contribution < -0.4 is 5.73 Å². The van der Waals surface area contributed by atoms with Gasteiger partial charge in [-0.25, -0.2) is 4.39 Å². The fourth-order valence-corrected chi connectivity index (χ4v) is 3.33. The second-order valence-electron chi connectivity index (χ2n) is 6.36. The van der Waals surface area contributed by atoms with Crippen LogP contribution in [0.2, 0.25) is 0 Å². The molecule has 0 amide bonds. The van der Waals surface area contributed by atoms with Crippen molar-refractivity contribution in [3.63, 3.8) is 0 Å². The van der Waals surface area contributed by atoms with E-state index >= 15 is 0 Å². The highest BCUT2D eigenvalue weighted by atomic mass is 19.1. The normalized spacial score (nSPS) is 22.9. The maximum absolute atomic E-state index is 13.9. The minimum atomic E-state index is -0.134. The largest absolute Gasteiger partial charge is 0.329 e. The van der Waals surface area contributed by atoms with Gasteiger partial charge in [-0.05, 0) is 50.3 Å². The number of halogens is 1. The zero-order chi connectivity index (χ0) is 14.6. The number of benzene rings is 1. The molecule has 0 saturated carbocycles. The van der Waals surface area contributed by atoms with Crippen LogP contribution in [-0.4, -0.2) is 30.1 Å². The van der Waals surface area contributed by atoms with Crippen LogP contribution in [0.15, 0.2) is 24.3 Å². The summed E-state index contributed by atoms with van der Waals surface area (Å²) >= 11 is 0. The van der Waals surface area contributed by atoms with Crippen molar-refractivity contribution in [3.05, 3.63) is 35.6 Å². The third-order valence-corrected chi connectivity index (χ3v) is 4.72. The summed E-state index contributed by atoms with van der Waals surface area (Å²) in [4.78, 5) is 2.47. The van der Waals surface area contributed by atoms with Gasteiger partial charge in [-0.1, -0.05) is 31.5 Å². The standard InChI is InChI=1S/C17H27FN2/c1-3-6-14-9-10-20(12-14)17(2,13-19)11-15-7-4-5-8-16(15)18/h4-5,7-8,14H,3,6,9-13,19H2,1-2H3. The van der Waals surface area contributed by atoms with Crippen LogP contribution in [0, 0.1) is 11.7 Å². The molecule has 1 aromatic rings. The Morgan fingerprint density at radius 2 is 2.15 bits per heavy atom. The molecule has 3 heteroatoms. The highest BCUT2D eigenvalue weighted by Crippen LogP contribution is 2.30. The fraction of sp³-hybridized carbons (Fsp3) is 0.647. The van der Waals surface area contributed by atoms with Gasteiger partial charge in [-0.3, -0.25) is 4.90 Å². The molecule has 2 rings (SSSR count). The van der Waals surface area contributed by atoms with Gasteiger partial charge in [-0.2, -0.15) is 0 Å². The molecule has 112 valence electrons. The van der Waals surface area contributed by atoms with Crippen LogP contribution in [0.3, 0.4) is 0 Å². The van der Waals surface area contributed by atoms with Crippen LogP contribution in [0.4, 0.5) is 4.39 Å². The SMILES string of the molecule is CCCC1CCN(C(C)(CN)Cc2ccccc2F)C1. The van der Waals surface area contributed by atoms with E-state index in [1.165, 1.54) is 25.3 Å². The summed E-state index contributed by atoms with van der Waals surface area (Å²) in [5, 5.41) is 0. The average Bonchev–Trinajstić information content (AvgIpc) is 2.91. The molecular formula is C17H27FN2. The van der Waals surface area contributed by atoms with Crippen molar-refractivity contribution >= 4 is 0 Å². The molecule has 1 saturated heterocycles. The maximum atomic E-state index is 13.9. The number of hydrogen-bond donors (Lipinski definition) is 1. The van der Waals surface area contributed by atoms with Crippen LogP contribution in [-0.2, 0) is 6.42 Å². The van der Waals surface area contributed by atoms with E-state index in [1.54, 1.807) is 6.07 Å². The summed E-state index contributed by atoms with van der Waals surface area (Å²) in [6, 6.07) is 7.06. The van der Waals surface area contributed by atoms with Crippen molar-refractivity contribution < 1.29 is 4.39 Å². The third-order valence-electron chi connectivity index (χ3n) is 4.72. The van der Waals surface area contributed by atoms with Crippen molar-refractivity contribution in [2.45, 2.75) is 45.1 Å². The lowest BCUT2D eigenvalue weighted by molar-refractivity contribution is 0.135. The summed E-state index contributed by atoms with van der Waals surface area (Å²) in [6.07, 6.45) is 4.47. The van der Waals surface area contributed by atoms with Crippen LogP contribution >= 0.6 is 0 Å². The van der Waals surface area contributed by atoms with Gasteiger partial charge in [0.2, 0.25) is 0 Å². The molecule has 20 heavy (non-hydrogen) atoms. The molecule has 0 spiro atoms. The first kappa shape index (κ1) is 15.5. The van der Waals surface area contributed by atoms with E-state index in [-0.39, 0.29) is 11.4 Å². The van der Waals surface area contributed by atoms with Crippen LogP contribution in [0.25, 0.3) is 0 Å². The number of nitrogens with two attached hydrogens (primary N) is 1. The maximum Gasteiger partial charge on any atom is 0.126 e. The fourth-order valence-electron chi connectivity index (χ4n) is 3.33. The predicted octanol–water partition coefficient (Wildman–Crippen LogP) is 3.21. The van der Waals surface area contributed by atoms with Gasteiger partial charge < -0.3 is 5.73 Å². The van der Waals surface area contributed by atoms with Gasteiger partial charge in [0, 0.05) is 18.6 Å². The molecule has 0 radical (unpaired) electrons. The predicted molar refractivity (Wildman–Crippen MR) is 82.2 cm³/mol. The Hall–Kier alpha value is -0.930. The first-order valence-corrected chi connectivity index (χ1v) is 7.77. The molecule has 2 atom stereocenters. The third kappa shape index (κ3) is 3.39. The molecule has 1 aliphatic heterocycles. The molecule has 1 fully saturated rings. The Balaban J connectivity index is 2.08. The molecular weight excluding hydrogens is 251 g/mol. The molecule has 1 heterocycles. The van der Waals surface area contributed by atoms with E-state index < -0.39 is 0 Å². The minimum absolute atomic E-state index is 0.114. The van der Waals surface area contributed by atoms with E-state index in [0.717, 1.165) is 24.6 Å². The second-order valence-corrected chi connectivity index (χ2v) is 6.36. The zero-order valence-corrected chi connectivity index (χ0v) is 12.7. The van der Waals surface area contributed by atoms with E-state index in [1.807, 2.05) is 12.1 Å². The van der Waals surface area contributed by atoms with Gasteiger partial charge in [0.1, 0.15) is 5.82 Å². The number of rotatable bonds is 6. The van der Waals surface area contributed by atoms with Crippen molar-refractivity contribution in [1.29, 1.82) is 0 Å². The lowest BCUT2D eigenvalue weighted by Crippen LogP contribution is -2.52. The Morgan fingerprint density at radius 1 is 1.40 bits per heavy atom. The molecule has 0 aromatic heterocycles. The van der Waals surface area contributed by atoms with E-state index in [4.69, 9.17) is 5.73 Å². The van der Waals surface area contributed by atoms with Gasteiger partial charge in [0.15, 0.2) is 0 Å². The van der Waals surface area contributed by atoms with Crippen LogP contribution in [0.1, 0.15) is 38.7 Å². The monoisotopic (exact) mass is 278 g/mol. The van der Waals surface area contributed by atoms with E-state index in [9.17, 15) is 4.39 Å². The number of hydrogen-bond acceptors (Lipinski definition) is 2. The summed E-state index contributed by atoms with van der Waals surface area (Å²) in [7, 11) is 0. The molecule has 0 bridgehead atoms. The zero-order valence-electron chi connectivity index (χ0n) is 12.7. The van der Waals surface area contributed by atoms with Gasteiger partial charge in [0.05, 0.1) is 0 Å². The lowest BCUT2D eigenvalue weighted by Gasteiger charge is -2.38. The first-order valence-electron chi connectivity index (χ1n) is 7.77. The highest BCUT2D eigenvalue weighted by Gasteiger charge is 2.36. The Labute approximate surface area is 122 Å². The summed E-state index contributed by atoms with van der Waals surface area (Å²) < 4.78 is 13.9. The second kappa shape index (κ2) is 6.68. The van der Waals surface area contributed by atoms with Crippen molar-refractivity contribution in [2.24, 2.45) is 11.7 Å². The Morgan fingerprint density at radius 3 is 2.80 bits per heavy atom. The molecule has 2 N–H and O–H groups in total. The Kier molecular flexibility index (Phi) is 5.17. The van der Waals surface area contributed by atoms with Crippen molar-refractivity contribution in [1.82, 2.24) is 4.90 Å². The minimum Gasteiger partial charge on any atom is -0.329 e. The lowest BCUT2D eigenvalue weighted by atomic mass is 9.90. The summed E-state index contributed by atoms with van der Waals surface area (Å²) in [5.74, 6) is 0.669. The number of likely N-dealkylation sites (tertiary alicyclic amines) is 1. The molecule has 2 nitrogen and oxygen atoms in total.